The molecule has 0 aliphatic carbocycles. The maximum Gasteiger partial charge on any atom is 0.267 e. The number of alkyl halides is 2. The van der Waals surface area contributed by atoms with E-state index in [1.165, 1.54) is 30.6 Å². The molecule has 0 saturated heterocycles. The third kappa shape index (κ3) is 5.23. The summed E-state index contributed by atoms with van der Waals surface area (Å²) in [5.41, 5.74) is 6.79. The summed E-state index contributed by atoms with van der Waals surface area (Å²) in [5.74, 6) is -0.268. The number of aromatic nitrogens is 2. The number of halogens is 3. The average Bonchev–Trinajstić information content (AvgIpc) is 2.64. The molecule has 0 unspecified atom stereocenters. The Morgan fingerprint density at radius 3 is 2.59 bits per heavy atom. The van der Waals surface area contributed by atoms with Crippen LogP contribution in [0.3, 0.4) is 0 Å². The highest BCUT2D eigenvalue weighted by Gasteiger charge is 2.20. The highest BCUT2D eigenvalue weighted by atomic mass is 19.3. The van der Waals surface area contributed by atoms with Crippen LogP contribution in [0.25, 0.3) is 22.2 Å². The second-order valence-electron chi connectivity index (χ2n) is 8.04. The van der Waals surface area contributed by atoms with Gasteiger partial charge in [0.15, 0.2) is 0 Å². The van der Waals surface area contributed by atoms with Gasteiger partial charge in [-0.1, -0.05) is 6.92 Å². The van der Waals surface area contributed by atoms with Crippen molar-refractivity contribution in [3.8, 4) is 17.0 Å². The quantitative estimate of drug-likeness (QED) is 0.565. The molecule has 29 heavy (non-hydrogen) atoms. The molecule has 0 bridgehead atoms. The smallest absolute Gasteiger partial charge is 0.267 e. The molecule has 7 heteroatoms. The van der Waals surface area contributed by atoms with Crippen LogP contribution < -0.4 is 10.5 Å². The summed E-state index contributed by atoms with van der Waals surface area (Å²) in [7, 11) is 0. The molecule has 3 rings (SSSR count). The monoisotopic (exact) mass is 403 g/mol. The van der Waals surface area contributed by atoms with E-state index in [1.807, 2.05) is 20.8 Å². The normalized spacial score (nSPS) is 13.1. The molecular weight excluding hydrogens is 379 g/mol. The standard InChI is InChI=1S/C22H24F3N3O/c1-13(10-22(2,3)26)12-29-20-11-28-19(9-17(20)21(24)25)16-6-7-27-18-8-14(23)4-5-15(16)18/h4-9,11,13,21H,10,12,26H2,1-3H3/t13-/m0/s1. The molecule has 2 N–H and O–H groups in total. The number of nitrogens with zero attached hydrogens (tertiary/aromatic N) is 2. The van der Waals surface area contributed by atoms with Gasteiger partial charge in [0.05, 0.1) is 29.6 Å². The fourth-order valence-corrected chi connectivity index (χ4v) is 3.43. The lowest BCUT2D eigenvalue weighted by Crippen LogP contribution is -2.35. The molecule has 0 radical (unpaired) electrons. The van der Waals surface area contributed by atoms with Crippen molar-refractivity contribution in [1.29, 1.82) is 0 Å². The Morgan fingerprint density at radius 1 is 1.14 bits per heavy atom. The van der Waals surface area contributed by atoms with E-state index in [9.17, 15) is 13.2 Å². The third-order valence-corrected chi connectivity index (χ3v) is 4.51. The largest absolute Gasteiger partial charge is 0.491 e. The van der Waals surface area contributed by atoms with E-state index in [1.54, 1.807) is 12.1 Å². The van der Waals surface area contributed by atoms with Crippen molar-refractivity contribution >= 4 is 10.9 Å². The second-order valence-corrected chi connectivity index (χ2v) is 8.04. The molecule has 2 aromatic heterocycles. The van der Waals surface area contributed by atoms with E-state index in [-0.39, 0.29) is 29.4 Å². The van der Waals surface area contributed by atoms with Gasteiger partial charge < -0.3 is 10.5 Å². The van der Waals surface area contributed by atoms with Crippen molar-refractivity contribution < 1.29 is 17.9 Å². The Labute approximate surface area is 167 Å². The zero-order chi connectivity index (χ0) is 21.2. The summed E-state index contributed by atoms with van der Waals surface area (Å²) in [5, 5.41) is 0.633. The molecule has 0 aliphatic heterocycles. The topological polar surface area (TPSA) is 61.0 Å². The fourth-order valence-electron chi connectivity index (χ4n) is 3.43. The lowest BCUT2D eigenvalue weighted by atomic mass is 9.93. The first-order valence-corrected chi connectivity index (χ1v) is 9.38. The minimum Gasteiger partial charge on any atom is -0.491 e. The molecule has 154 valence electrons. The molecule has 0 fully saturated rings. The maximum absolute atomic E-state index is 13.7. The number of pyridine rings is 2. The molecule has 1 aromatic carbocycles. The summed E-state index contributed by atoms with van der Waals surface area (Å²) in [4.78, 5) is 8.44. The minimum atomic E-state index is -2.72. The van der Waals surface area contributed by atoms with E-state index in [4.69, 9.17) is 10.5 Å². The highest BCUT2D eigenvalue weighted by molar-refractivity contribution is 5.93. The SMILES string of the molecule is C[C@H](COc1cnc(-c2ccnc3cc(F)ccc23)cc1C(F)F)CC(C)(C)N. The maximum atomic E-state index is 13.7. The first kappa shape index (κ1) is 21.0. The van der Waals surface area contributed by atoms with Gasteiger partial charge >= 0.3 is 0 Å². The van der Waals surface area contributed by atoms with Crippen molar-refractivity contribution in [2.24, 2.45) is 11.7 Å². The van der Waals surface area contributed by atoms with E-state index in [0.717, 1.165) is 0 Å². The third-order valence-electron chi connectivity index (χ3n) is 4.51. The van der Waals surface area contributed by atoms with Crippen LogP contribution in [0, 0.1) is 11.7 Å². The van der Waals surface area contributed by atoms with Gasteiger partial charge in [-0.05, 0) is 50.5 Å². The molecule has 0 amide bonds. The Morgan fingerprint density at radius 2 is 1.90 bits per heavy atom. The summed E-state index contributed by atoms with van der Waals surface area (Å²) in [6, 6.07) is 7.15. The predicted octanol–water partition coefficient (Wildman–Crippen LogP) is 5.52. The van der Waals surface area contributed by atoms with Crippen molar-refractivity contribution in [3.05, 3.63) is 54.1 Å². The van der Waals surface area contributed by atoms with Crippen LogP contribution in [0.15, 0.2) is 42.7 Å². The fraction of sp³-hybridized carbons (Fsp3) is 0.364. The van der Waals surface area contributed by atoms with Crippen molar-refractivity contribution in [2.45, 2.75) is 39.2 Å². The molecule has 0 aliphatic rings. The summed E-state index contributed by atoms with van der Waals surface area (Å²) in [6.45, 7) is 6.05. The van der Waals surface area contributed by atoms with E-state index < -0.39 is 12.2 Å². The van der Waals surface area contributed by atoms with Gasteiger partial charge in [-0.3, -0.25) is 9.97 Å². The Kier molecular flexibility index (Phi) is 6.07. The van der Waals surface area contributed by atoms with Crippen LogP contribution in [0.2, 0.25) is 0 Å². The van der Waals surface area contributed by atoms with Crippen LogP contribution in [-0.4, -0.2) is 22.1 Å². The van der Waals surface area contributed by atoms with Crippen molar-refractivity contribution in [1.82, 2.24) is 9.97 Å². The number of hydrogen-bond donors (Lipinski definition) is 1. The van der Waals surface area contributed by atoms with Crippen LogP contribution in [0.4, 0.5) is 13.2 Å². The van der Waals surface area contributed by atoms with Crippen molar-refractivity contribution in [2.75, 3.05) is 6.61 Å². The van der Waals surface area contributed by atoms with Gasteiger partial charge in [0.2, 0.25) is 0 Å². The lowest BCUT2D eigenvalue weighted by Gasteiger charge is -2.23. The van der Waals surface area contributed by atoms with Crippen LogP contribution in [0.5, 0.6) is 5.75 Å². The Bertz CT molecular complexity index is 1000. The van der Waals surface area contributed by atoms with E-state index >= 15 is 0 Å². The summed E-state index contributed by atoms with van der Waals surface area (Å²) >= 11 is 0. The van der Waals surface area contributed by atoms with Gasteiger partial charge in [0.25, 0.3) is 6.43 Å². The molecular formula is C22H24F3N3O. The predicted molar refractivity (Wildman–Crippen MR) is 107 cm³/mol. The second kappa shape index (κ2) is 8.37. The van der Waals surface area contributed by atoms with Gasteiger partial charge in [-0.2, -0.15) is 0 Å². The number of ether oxygens (including phenoxy) is 1. The molecule has 4 nitrogen and oxygen atoms in total. The molecule has 3 aromatic rings. The number of benzene rings is 1. The number of rotatable bonds is 7. The van der Waals surface area contributed by atoms with E-state index in [0.29, 0.717) is 28.6 Å². The summed E-state index contributed by atoms with van der Waals surface area (Å²) < 4.78 is 46.5. The van der Waals surface area contributed by atoms with Gasteiger partial charge in [-0.25, -0.2) is 13.2 Å². The molecule has 2 heterocycles. The van der Waals surface area contributed by atoms with Gasteiger partial charge in [0, 0.05) is 28.8 Å². The lowest BCUT2D eigenvalue weighted by molar-refractivity contribution is 0.142. The molecule has 0 spiro atoms. The molecule has 1 atom stereocenters. The van der Waals surface area contributed by atoms with Crippen LogP contribution in [0.1, 0.15) is 39.2 Å². The van der Waals surface area contributed by atoms with Gasteiger partial charge in [-0.15, -0.1) is 0 Å². The first-order valence-electron chi connectivity index (χ1n) is 9.38. The van der Waals surface area contributed by atoms with Crippen molar-refractivity contribution in [3.63, 3.8) is 0 Å². The number of hydrogen-bond acceptors (Lipinski definition) is 4. The van der Waals surface area contributed by atoms with E-state index in [2.05, 4.69) is 9.97 Å². The average molecular weight is 403 g/mol. The first-order chi connectivity index (χ1) is 13.6. The molecule has 0 saturated carbocycles. The zero-order valence-corrected chi connectivity index (χ0v) is 16.6. The van der Waals surface area contributed by atoms with Crippen LogP contribution in [-0.2, 0) is 0 Å². The minimum absolute atomic E-state index is 0.0508. The zero-order valence-electron chi connectivity index (χ0n) is 16.6. The summed E-state index contributed by atoms with van der Waals surface area (Å²) in [6.07, 6.45) is 0.787. The number of fused-ring (bicyclic) bond motifs is 1. The number of nitrogens with two attached hydrogens (primary N) is 1. The Balaban J connectivity index is 1.91. The Hall–Kier alpha value is -2.67. The highest BCUT2D eigenvalue weighted by Crippen LogP contribution is 2.34. The van der Waals surface area contributed by atoms with Crippen LogP contribution >= 0.6 is 0 Å². The van der Waals surface area contributed by atoms with Gasteiger partial charge in [0.1, 0.15) is 11.6 Å².